The molecule has 1 aromatic carbocycles. The molecule has 1 aromatic heterocycles. The molecule has 1 aliphatic rings. The molecule has 0 aliphatic carbocycles. The molecule has 25 heavy (non-hydrogen) atoms. The Morgan fingerprint density at radius 1 is 1.32 bits per heavy atom. The van der Waals surface area contributed by atoms with Crippen LogP contribution in [-0.2, 0) is 11.3 Å². The van der Waals surface area contributed by atoms with Gasteiger partial charge in [0, 0.05) is 43.8 Å². The number of nitrogens with one attached hydrogen (secondary N) is 2. The van der Waals surface area contributed by atoms with Crippen molar-refractivity contribution in [2.24, 2.45) is 5.92 Å². The van der Waals surface area contributed by atoms with Gasteiger partial charge in [0.25, 0.3) is 0 Å². The van der Waals surface area contributed by atoms with Crippen LogP contribution in [0.5, 0.6) is 0 Å². The maximum absolute atomic E-state index is 12.0. The molecular formula is C19H27N5O. The summed E-state index contributed by atoms with van der Waals surface area (Å²) in [5, 5.41) is 10.5. The van der Waals surface area contributed by atoms with Crippen LogP contribution in [0.2, 0.25) is 0 Å². The smallest absolute Gasteiger partial charge is 0.233 e. The van der Waals surface area contributed by atoms with Gasteiger partial charge in [-0.25, -0.2) is 0 Å². The van der Waals surface area contributed by atoms with Gasteiger partial charge in [-0.1, -0.05) is 18.2 Å². The summed E-state index contributed by atoms with van der Waals surface area (Å²) in [5.74, 6) is 0.580. The molecule has 0 saturated carbocycles. The van der Waals surface area contributed by atoms with Gasteiger partial charge in [-0.3, -0.25) is 9.48 Å². The van der Waals surface area contributed by atoms with Gasteiger partial charge in [-0.2, -0.15) is 5.10 Å². The van der Waals surface area contributed by atoms with Gasteiger partial charge in [-0.05, 0) is 37.5 Å². The Balaban J connectivity index is 1.33. The van der Waals surface area contributed by atoms with Crippen molar-refractivity contribution in [1.82, 2.24) is 20.4 Å². The highest BCUT2D eigenvalue weighted by atomic mass is 16.1. The summed E-state index contributed by atoms with van der Waals surface area (Å²) in [4.78, 5) is 14.4. The molecule has 6 nitrogen and oxygen atoms in total. The zero-order valence-electron chi connectivity index (χ0n) is 14.8. The zero-order valence-corrected chi connectivity index (χ0v) is 14.8. The fourth-order valence-corrected chi connectivity index (χ4v) is 3.21. The highest BCUT2D eigenvalue weighted by Crippen LogP contribution is 2.22. The van der Waals surface area contributed by atoms with E-state index in [4.69, 9.17) is 0 Å². The molecule has 0 unspecified atom stereocenters. The first kappa shape index (κ1) is 17.5. The number of para-hydroxylation sites is 1. The van der Waals surface area contributed by atoms with Crippen LogP contribution in [0, 0.1) is 5.92 Å². The van der Waals surface area contributed by atoms with Crippen LogP contribution in [0.25, 0.3) is 0 Å². The van der Waals surface area contributed by atoms with Crippen LogP contribution in [0.4, 0.5) is 5.69 Å². The van der Waals surface area contributed by atoms with Gasteiger partial charge in [0.1, 0.15) is 0 Å². The second-order valence-electron chi connectivity index (χ2n) is 6.75. The lowest BCUT2D eigenvalue weighted by Gasteiger charge is -2.19. The number of benzene rings is 1. The normalized spacial score (nSPS) is 18.3. The topological polar surface area (TPSA) is 62.2 Å². The van der Waals surface area contributed by atoms with Crippen molar-refractivity contribution < 1.29 is 4.79 Å². The van der Waals surface area contributed by atoms with E-state index in [1.54, 1.807) is 6.20 Å². The highest BCUT2D eigenvalue weighted by molar-refractivity contribution is 5.78. The van der Waals surface area contributed by atoms with Crippen molar-refractivity contribution in [3.8, 4) is 0 Å². The van der Waals surface area contributed by atoms with Crippen LogP contribution < -0.4 is 15.5 Å². The lowest BCUT2D eigenvalue weighted by molar-refractivity contribution is -0.120. The predicted octanol–water partition coefficient (Wildman–Crippen LogP) is 1.50. The van der Waals surface area contributed by atoms with Crippen LogP contribution in [0.3, 0.4) is 0 Å². The first-order valence-electron chi connectivity index (χ1n) is 8.98. The number of carbonyl (C=O) groups is 1. The maximum Gasteiger partial charge on any atom is 0.233 e. The van der Waals surface area contributed by atoms with E-state index in [1.165, 1.54) is 5.69 Å². The van der Waals surface area contributed by atoms with Gasteiger partial charge in [0.15, 0.2) is 0 Å². The standard InChI is InChI=1S/C19H27N5O/c1-16(14-24-10-5-9-22-24)20-13-19(25)21-12-17-8-11-23(15-17)18-6-3-2-4-7-18/h2-7,9-10,16-17,20H,8,11-15H2,1H3,(H,21,25)/t16-,17-/m0/s1. The maximum atomic E-state index is 12.0. The summed E-state index contributed by atoms with van der Waals surface area (Å²) >= 11 is 0. The van der Waals surface area contributed by atoms with E-state index in [1.807, 2.05) is 23.0 Å². The molecule has 2 N–H and O–H groups in total. The average molecular weight is 341 g/mol. The van der Waals surface area contributed by atoms with Crippen molar-refractivity contribution in [1.29, 1.82) is 0 Å². The molecule has 0 bridgehead atoms. The van der Waals surface area contributed by atoms with E-state index in [2.05, 4.69) is 51.8 Å². The summed E-state index contributed by atoms with van der Waals surface area (Å²) in [6.45, 7) is 5.98. The Morgan fingerprint density at radius 3 is 2.92 bits per heavy atom. The highest BCUT2D eigenvalue weighted by Gasteiger charge is 2.22. The first-order chi connectivity index (χ1) is 12.2. The van der Waals surface area contributed by atoms with Crippen molar-refractivity contribution >= 4 is 11.6 Å². The molecule has 2 heterocycles. The number of amides is 1. The second kappa shape index (κ2) is 8.67. The van der Waals surface area contributed by atoms with Crippen molar-refractivity contribution in [2.45, 2.75) is 25.9 Å². The third-order valence-electron chi connectivity index (χ3n) is 4.63. The summed E-state index contributed by atoms with van der Waals surface area (Å²) in [6, 6.07) is 12.6. The molecule has 1 amide bonds. The molecule has 2 aromatic rings. The van der Waals surface area contributed by atoms with E-state index in [-0.39, 0.29) is 11.9 Å². The monoisotopic (exact) mass is 341 g/mol. The van der Waals surface area contributed by atoms with E-state index < -0.39 is 0 Å². The number of hydrogen-bond acceptors (Lipinski definition) is 4. The summed E-state index contributed by atoms with van der Waals surface area (Å²) < 4.78 is 1.87. The molecule has 6 heteroatoms. The van der Waals surface area contributed by atoms with E-state index in [9.17, 15) is 4.79 Å². The Bertz CT molecular complexity index is 643. The molecule has 1 saturated heterocycles. The van der Waals surface area contributed by atoms with E-state index in [0.29, 0.717) is 12.5 Å². The molecule has 134 valence electrons. The Morgan fingerprint density at radius 2 is 2.16 bits per heavy atom. The zero-order chi connectivity index (χ0) is 17.5. The average Bonchev–Trinajstić information content (AvgIpc) is 3.31. The number of anilines is 1. The fourth-order valence-electron chi connectivity index (χ4n) is 3.21. The van der Waals surface area contributed by atoms with Gasteiger partial charge in [0.05, 0.1) is 13.1 Å². The minimum atomic E-state index is 0.0606. The second-order valence-corrected chi connectivity index (χ2v) is 6.75. The molecule has 3 rings (SSSR count). The summed E-state index contributed by atoms with van der Waals surface area (Å²) in [7, 11) is 0. The lowest BCUT2D eigenvalue weighted by atomic mass is 10.1. The summed E-state index contributed by atoms with van der Waals surface area (Å²) in [5.41, 5.74) is 1.27. The fraction of sp³-hybridized carbons (Fsp3) is 0.474. The van der Waals surface area contributed by atoms with Crippen LogP contribution >= 0.6 is 0 Å². The molecule has 0 radical (unpaired) electrons. The minimum Gasteiger partial charge on any atom is -0.371 e. The van der Waals surface area contributed by atoms with Crippen LogP contribution in [0.1, 0.15) is 13.3 Å². The van der Waals surface area contributed by atoms with Crippen LogP contribution in [0.15, 0.2) is 48.8 Å². The Kier molecular flexibility index (Phi) is 6.06. The Labute approximate surface area is 149 Å². The molecule has 2 atom stereocenters. The number of nitrogens with zero attached hydrogens (tertiary/aromatic N) is 3. The van der Waals surface area contributed by atoms with E-state index in [0.717, 1.165) is 32.6 Å². The summed E-state index contributed by atoms with van der Waals surface area (Å²) in [6.07, 6.45) is 4.81. The third kappa shape index (κ3) is 5.32. The number of rotatable bonds is 8. The van der Waals surface area contributed by atoms with E-state index >= 15 is 0 Å². The predicted molar refractivity (Wildman–Crippen MR) is 99.5 cm³/mol. The molecular weight excluding hydrogens is 314 g/mol. The largest absolute Gasteiger partial charge is 0.371 e. The molecule has 0 spiro atoms. The SMILES string of the molecule is C[C@@H](Cn1cccn1)NCC(=O)NC[C@@H]1CCN(c2ccccc2)C1. The first-order valence-corrected chi connectivity index (χ1v) is 8.98. The van der Waals surface area contributed by atoms with Gasteiger partial charge < -0.3 is 15.5 Å². The molecule has 1 fully saturated rings. The van der Waals surface area contributed by atoms with Crippen molar-refractivity contribution in [3.05, 3.63) is 48.8 Å². The van der Waals surface area contributed by atoms with Gasteiger partial charge >= 0.3 is 0 Å². The minimum absolute atomic E-state index is 0.0606. The van der Waals surface area contributed by atoms with Crippen molar-refractivity contribution in [3.63, 3.8) is 0 Å². The quantitative estimate of drug-likeness (QED) is 0.764. The van der Waals surface area contributed by atoms with Crippen molar-refractivity contribution in [2.75, 3.05) is 31.1 Å². The van der Waals surface area contributed by atoms with Crippen LogP contribution in [-0.4, -0.2) is 47.9 Å². The number of hydrogen-bond donors (Lipinski definition) is 2. The number of aromatic nitrogens is 2. The number of carbonyl (C=O) groups excluding carboxylic acids is 1. The van der Waals surface area contributed by atoms with Gasteiger partial charge in [0.2, 0.25) is 5.91 Å². The van der Waals surface area contributed by atoms with Gasteiger partial charge in [-0.15, -0.1) is 0 Å². The lowest BCUT2D eigenvalue weighted by Crippen LogP contribution is -2.41. The molecule has 1 aliphatic heterocycles. The third-order valence-corrected chi connectivity index (χ3v) is 4.63. The Hall–Kier alpha value is -2.34.